The third-order valence-electron chi connectivity index (χ3n) is 2.47. The highest BCUT2D eigenvalue weighted by molar-refractivity contribution is 6.32. The van der Waals surface area contributed by atoms with Crippen molar-refractivity contribution in [3.05, 3.63) is 27.8 Å². The van der Waals surface area contributed by atoms with Gasteiger partial charge in [0.15, 0.2) is 5.78 Å². The highest BCUT2D eigenvalue weighted by Crippen LogP contribution is 2.32. The Morgan fingerprint density at radius 1 is 1.47 bits per heavy atom. The summed E-state index contributed by atoms with van der Waals surface area (Å²) in [6.45, 7) is 5.56. The Kier molecular flexibility index (Phi) is 3.75. The van der Waals surface area contributed by atoms with E-state index in [1.807, 2.05) is 26.8 Å². The molecule has 0 atom stereocenters. The Bertz CT molecular complexity index is 397. The van der Waals surface area contributed by atoms with Gasteiger partial charge in [-0.15, -0.1) is 0 Å². The number of carbonyl (C=O) groups excluding carboxylic acids is 1. The molecule has 3 heteroatoms. The molecule has 1 rings (SSSR count). The van der Waals surface area contributed by atoms with Crippen LogP contribution in [0, 0.1) is 13.8 Å². The monoisotopic (exact) mass is 226 g/mol. The maximum atomic E-state index is 11.8. The molecule has 2 nitrogen and oxygen atoms in total. The number of carbonyl (C=O) groups is 1. The first-order valence-electron chi connectivity index (χ1n) is 4.89. The van der Waals surface area contributed by atoms with Crippen LogP contribution in [0.2, 0.25) is 5.02 Å². The van der Waals surface area contributed by atoms with Gasteiger partial charge in [0.2, 0.25) is 0 Å². The van der Waals surface area contributed by atoms with Gasteiger partial charge in [0.1, 0.15) is 5.75 Å². The first-order valence-corrected chi connectivity index (χ1v) is 5.27. The van der Waals surface area contributed by atoms with E-state index >= 15 is 0 Å². The minimum atomic E-state index is 0.0648. The molecule has 0 amide bonds. The van der Waals surface area contributed by atoms with Crippen LogP contribution in [-0.4, -0.2) is 12.9 Å². The molecule has 1 aromatic carbocycles. The summed E-state index contributed by atoms with van der Waals surface area (Å²) in [5.74, 6) is 0.707. The SMILES string of the molecule is CCC(=O)c1c(C)c(Cl)cc(C)c1OC. The minimum Gasteiger partial charge on any atom is -0.496 e. The molecule has 0 aliphatic rings. The number of benzene rings is 1. The maximum Gasteiger partial charge on any atom is 0.166 e. The fraction of sp³-hybridized carbons (Fsp3) is 0.417. The second-order valence-corrected chi connectivity index (χ2v) is 3.89. The summed E-state index contributed by atoms with van der Waals surface area (Å²) in [7, 11) is 1.57. The molecular formula is C12H15ClO2. The maximum absolute atomic E-state index is 11.8. The molecule has 0 aliphatic carbocycles. The fourth-order valence-corrected chi connectivity index (χ4v) is 1.88. The normalized spacial score (nSPS) is 10.2. The zero-order valence-corrected chi connectivity index (χ0v) is 10.2. The Hall–Kier alpha value is -1.02. The van der Waals surface area contributed by atoms with Gasteiger partial charge in [-0.1, -0.05) is 18.5 Å². The average Bonchev–Trinajstić information content (AvgIpc) is 2.21. The lowest BCUT2D eigenvalue weighted by molar-refractivity contribution is 0.0984. The van der Waals surface area contributed by atoms with Crippen LogP contribution in [0.3, 0.4) is 0 Å². The van der Waals surface area contributed by atoms with Crippen molar-refractivity contribution < 1.29 is 9.53 Å². The molecule has 15 heavy (non-hydrogen) atoms. The number of hydrogen-bond acceptors (Lipinski definition) is 2. The van der Waals surface area contributed by atoms with E-state index in [2.05, 4.69) is 0 Å². The lowest BCUT2D eigenvalue weighted by Gasteiger charge is -2.14. The summed E-state index contributed by atoms with van der Waals surface area (Å²) in [6.07, 6.45) is 0.455. The Morgan fingerprint density at radius 2 is 2.07 bits per heavy atom. The van der Waals surface area contributed by atoms with Gasteiger partial charge >= 0.3 is 0 Å². The van der Waals surface area contributed by atoms with Crippen LogP contribution in [0.1, 0.15) is 34.8 Å². The largest absolute Gasteiger partial charge is 0.496 e. The van der Waals surface area contributed by atoms with E-state index in [-0.39, 0.29) is 5.78 Å². The molecular weight excluding hydrogens is 212 g/mol. The van der Waals surface area contributed by atoms with Crippen molar-refractivity contribution in [1.29, 1.82) is 0 Å². The topological polar surface area (TPSA) is 26.3 Å². The van der Waals surface area contributed by atoms with Gasteiger partial charge in [-0.2, -0.15) is 0 Å². The van der Waals surface area contributed by atoms with E-state index in [1.165, 1.54) is 0 Å². The molecule has 0 radical (unpaired) electrons. The van der Waals surface area contributed by atoms with Crippen molar-refractivity contribution in [3.8, 4) is 5.75 Å². The number of methoxy groups -OCH3 is 1. The Labute approximate surface area is 95.2 Å². The second kappa shape index (κ2) is 4.67. The number of halogens is 1. The second-order valence-electron chi connectivity index (χ2n) is 3.49. The lowest BCUT2D eigenvalue weighted by Crippen LogP contribution is -2.05. The molecule has 1 aromatic rings. The quantitative estimate of drug-likeness (QED) is 0.737. The van der Waals surface area contributed by atoms with Crippen molar-refractivity contribution >= 4 is 17.4 Å². The third kappa shape index (κ3) is 2.15. The van der Waals surface area contributed by atoms with E-state index in [9.17, 15) is 4.79 Å². The zero-order chi connectivity index (χ0) is 11.6. The predicted molar refractivity (Wildman–Crippen MR) is 62.1 cm³/mol. The van der Waals surface area contributed by atoms with E-state index in [0.717, 1.165) is 11.1 Å². The Balaban J connectivity index is 3.50. The third-order valence-corrected chi connectivity index (χ3v) is 2.86. The number of aryl methyl sites for hydroxylation is 1. The summed E-state index contributed by atoms with van der Waals surface area (Å²) in [5, 5.41) is 0.616. The standard InChI is InChI=1S/C12H15ClO2/c1-5-10(14)11-8(3)9(13)6-7(2)12(11)15-4/h6H,5H2,1-4H3. The first kappa shape index (κ1) is 12.1. The Morgan fingerprint density at radius 3 is 2.53 bits per heavy atom. The van der Waals surface area contributed by atoms with E-state index in [1.54, 1.807) is 7.11 Å². The van der Waals surface area contributed by atoms with Gasteiger partial charge in [0.25, 0.3) is 0 Å². The van der Waals surface area contributed by atoms with Crippen molar-refractivity contribution in [2.45, 2.75) is 27.2 Å². The molecule has 0 unspecified atom stereocenters. The molecule has 0 saturated carbocycles. The summed E-state index contributed by atoms with van der Waals surface area (Å²) in [6, 6.07) is 1.82. The van der Waals surface area contributed by atoms with E-state index in [4.69, 9.17) is 16.3 Å². The van der Waals surface area contributed by atoms with Crippen molar-refractivity contribution in [2.75, 3.05) is 7.11 Å². The predicted octanol–water partition coefficient (Wildman–Crippen LogP) is 3.56. The van der Waals surface area contributed by atoms with Gasteiger partial charge < -0.3 is 4.74 Å². The van der Waals surface area contributed by atoms with Crippen LogP contribution in [0.25, 0.3) is 0 Å². The molecule has 82 valence electrons. The molecule has 0 aliphatic heterocycles. The smallest absolute Gasteiger partial charge is 0.166 e. The van der Waals surface area contributed by atoms with Gasteiger partial charge in [-0.25, -0.2) is 0 Å². The van der Waals surface area contributed by atoms with Gasteiger partial charge in [-0.05, 0) is 31.0 Å². The number of Topliss-reactive ketones (excluding diaryl/α,β-unsaturated/α-hetero) is 1. The summed E-state index contributed by atoms with van der Waals surface area (Å²) in [5.41, 5.74) is 2.31. The average molecular weight is 227 g/mol. The van der Waals surface area contributed by atoms with Crippen molar-refractivity contribution in [1.82, 2.24) is 0 Å². The molecule has 0 heterocycles. The molecule has 0 bridgehead atoms. The van der Waals surface area contributed by atoms with Crippen LogP contribution in [-0.2, 0) is 0 Å². The number of ketones is 1. The van der Waals surface area contributed by atoms with Gasteiger partial charge in [-0.3, -0.25) is 4.79 Å². The van der Waals surface area contributed by atoms with Crippen LogP contribution in [0.15, 0.2) is 6.07 Å². The highest BCUT2D eigenvalue weighted by Gasteiger charge is 2.18. The minimum absolute atomic E-state index is 0.0648. The molecule has 0 saturated heterocycles. The fourth-order valence-electron chi connectivity index (χ4n) is 1.63. The van der Waals surface area contributed by atoms with Crippen LogP contribution >= 0.6 is 11.6 Å². The van der Waals surface area contributed by atoms with Crippen LogP contribution < -0.4 is 4.74 Å². The number of hydrogen-bond donors (Lipinski definition) is 0. The van der Waals surface area contributed by atoms with E-state index in [0.29, 0.717) is 22.8 Å². The number of rotatable bonds is 3. The zero-order valence-electron chi connectivity index (χ0n) is 9.48. The summed E-state index contributed by atoms with van der Waals surface area (Å²) < 4.78 is 5.26. The van der Waals surface area contributed by atoms with Crippen molar-refractivity contribution in [3.63, 3.8) is 0 Å². The van der Waals surface area contributed by atoms with Gasteiger partial charge in [0.05, 0.1) is 12.7 Å². The van der Waals surface area contributed by atoms with Crippen molar-refractivity contribution in [2.24, 2.45) is 0 Å². The lowest BCUT2D eigenvalue weighted by atomic mass is 9.99. The molecule has 0 N–H and O–H groups in total. The van der Waals surface area contributed by atoms with Crippen LogP contribution in [0.5, 0.6) is 5.75 Å². The number of ether oxygens (including phenoxy) is 1. The van der Waals surface area contributed by atoms with Crippen LogP contribution in [0.4, 0.5) is 0 Å². The van der Waals surface area contributed by atoms with E-state index < -0.39 is 0 Å². The van der Waals surface area contributed by atoms with Gasteiger partial charge in [0, 0.05) is 11.4 Å². The summed E-state index contributed by atoms with van der Waals surface area (Å²) >= 11 is 6.04. The molecule has 0 fully saturated rings. The first-order chi connectivity index (χ1) is 7.02. The highest BCUT2D eigenvalue weighted by atomic mass is 35.5. The summed E-state index contributed by atoms with van der Waals surface area (Å²) in [4.78, 5) is 11.8. The molecule has 0 spiro atoms. The molecule has 0 aromatic heterocycles.